The van der Waals surface area contributed by atoms with Crippen molar-refractivity contribution in [3.63, 3.8) is 0 Å². The second-order valence-corrected chi connectivity index (χ2v) is 8.28. The van der Waals surface area contributed by atoms with E-state index in [1.54, 1.807) is 4.90 Å². The van der Waals surface area contributed by atoms with Crippen molar-refractivity contribution in [2.75, 3.05) is 33.9 Å². The van der Waals surface area contributed by atoms with Crippen LogP contribution in [-0.4, -0.2) is 63.5 Å². The lowest BCUT2D eigenvalue weighted by Crippen LogP contribution is -2.36. The van der Waals surface area contributed by atoms with Crippen LogP contribution in [0.25, 0.3) is 0 Å². The van der Waals surface area contributed by atoms with Gasteiger partial charge in [0.25, 0.3) is 15.9 Å². The zero-order valence-electron chi connectivity index (χ0n) is 15.7. The number of sulfonamides is 1. The minimum absolute atomic E-state index is 0.0138. The summed E-state index contributed by atoms with van der Waals surface area (Å²) >= 11 is 0. The first-order chi connectivity index (χ1) is 12.9. The van der Waals surface area contributed by atoms with Gasteiger partial charge in [0.2, 0.25) is 0 Å². The lowest BCUT2D eigenvalue weighted by molar-refractivity contribution is -0.134. The summed E-state index contributed by atoms with van der Waals surface area (Å²) in [7, 11) is -1.27. The molecule has 0 unspecified atom stereocenters. The number of ether oxygens (including phenoxy) is 1. The first kappa shape index (κ1) is 21.3. The van der Waals surface area contributed by atoms with E-state index in [0.29, 0.717) is 13.1 Å². The van der Waals surface area contributed by atoms with Crippen LogP contribution in [0.2, 0.25) is 0 Å². The van der Waals surface area contributed by atoms with Gasteiger partial charge in [-0.05, 0) is 37.1 Å². The summed E-state index contributed by atoms with van der Waals surface area (Å²) in [6.07, 6.45) is 5.34. The fraction of sp³-hybridized carbons (Fsp3) is 0.556. The van der Waals surface area contributed by atoms with E-state index in [1.807, 2.05) is 0 Å². The van der Waals surface area contributed by atoms with Crippen molar-refractivity contribution in [2.24, 2.45) is 0 Å². The van der Waals surface area contributed by atoms with Crippen LogP contribution in [-0.2, 0) is 24.4 Å². The Morgan fingerprint density at radius 3 is 2.15 bits per heavy atom. The Balaban J connectivity index is 1.93. The molecule has 0 bridgehead atoms. The summed E-state index contributed by atoms with van der Waals surface area (Å²) in [5.74, 6) is -0.870. The van der Waals surface area contributed by atoms with Crippen LogP contribution in [0.4, 0.5) is 0 Å². The predicted molar refractivity (Wildman–Crippen MR) is 98.3 cm³/mol. The quantitative estimate of drug-likeness (QED) is 0.536. The molecule has 0 aliphatic carbocycles. The summed E-state index contributed by atoms with van der Waals surface area (Å²) in [5, 5.41) is 0. The molecule has 150 valence electrons. The Labute approximate surface area is 160 Å². The lowest BCUT2D eigenvalue weighted by atomic mass is 10.1. The molecule has 2 rings (SSSR count). The molecule has 9 heteroatoms. The van der Waals surface area contributed by atoms with Crippen LogP contribution in [0.5, 0.6) is 0 Å². The monoisotopic (exact) mass is 398 g/mol. The van der Waals surface area contributed by atoms with Gasteiger partial charge >= 0.3 is 5.97 Å². The smallest absolute Gasteiger partial charge is 0.338 e. The number of amides is 1. The maximum absolute atomic E-state index is 12.2. The minimum Gasteiger partial charge on any atom is -0.452 e. The van der Waals surface area contributed by atoms with E-state index in [2.05, 4.69) is 0 Å². The molecule has 1 aromatic carbocycles. The van der Waals surface area contributed by atoms with Gasteiger partial charge in [0.05, 0.1) is 17.6 Å². The second kappa shape index (κ2) is 9.82. The van der Waals surface area contributed by atoms with Gasteiger partial charge in [-0.2, -0.15) is 0 Å². The third-order valence-electron chi connectivity index (χ3n) is 4.52. The van der Waals surface area contributed by atoms with E-state index in [-0.39, 0.29) is 23.0 Å². The zero-order valence-corrected chi connectivity index (χ0v) is 16.5. The lowest BCUT2D eigenvalue weighted by Gasteiger charge is -2.24. The van der Waals surface area contributed by atoms with Crippen LogP contribution in [0.15, 0.2) is 29.2 Å². The Morgan fingerprint density at radius 2 is 1.59 bits per heavy atom. The highest BCUT2D eigenvalue weighted by Gasteiger charge is 2.22. The van der Waals surface area contributed by atoms with Crippen molar-refractivity contribution in [3.05, 3.63) is 29.8 Å². The Hall–Kier alpha value is -1.97. The fourth-order valence-corrected chi connectivity index (χ4v) is 3.78. The summed E-state index contributed by atoms with van der Waals surface area (Å²) in [6, 6.07) is 5.28. The van der Waals surface area contributed by atoms with Gasteiger partial charge in [0.15, 0.2) is 6.61 Å². The standard InChI is InChI=1S/C18H26N2O6S/c1-19(25-2)27(23,24)16-10-8-15(9-11-16)18(22)26-14-17(21)20-12-6-4-3-5-7-13-20/h8-11H,3-7,12-14H2,1-2H3. The molecule has 0 N–H and O–H groups in total. The van der Waals surface area contributed by atoms with Crippen LogP contribution >= 0.6 is 0 Å². The highest BCUT2D eigenvalue weighted by Crippen LogP contribution is 2.16. The Kier molecular flexibility index (Phi) is 7.76. The van der Waals surface area contributed by atoms with Crippen LogP contribution < -0.4 is 0 Å². The molecule has 0 radical (unpaired) electrons. The van der Waals surface area contributed by atoms with Crippen LogP contribution in [0, 0.1) is 0 Å². The SMILES string of the molecule is CON(C)S(=O)(=O)c1ccc(C(=O)OCC(=O)N2CCCCCCC2)cc1. The maximum Gasteiger partial charge on any atom is 0.338 e. The number of hydroxylamine groups is 1. The molecule has 1 amide bonds. The van der Waals surface area contributed by atoms with Crippen molar-refractivity contribution in [2.45, 2.75) is 37.0 Å². The normalized spacial score (nSPS) is 15.9. The van der Waals surface area contributed by atoms with Gasteiger partial charge in [-0.15, -0.1) is 0 Å². The first-order valence-corrected chi connectivity index (χ1v) is 10.4. The van der Waals surface area contributed by atoms with Crippen molar-refractivity contribution in [1.29, 1.82) is 0 Å². The van der Waals surface area contributed by atoms with Crippen LogP contribution in [0.1, 0.15) is 42.5 Å². The van der Waals surface area contributed by atoms with E-state index in [1.165, 1.54) is 44.8 Å². The molecule has 1 fully saturated rings. The van der Waals surface area contributed by atoms with Gasteiger partial charge in [0.1, 0.15) is 0 Å². The van der Waals surface area contributed by atoms with Gasteiger partial charge in [0, 0.05) is 20.1 Å². The molecule has 0 aromatic heterocycles. The molecular formula is C18H26N2O6S. The molecule has 1 heterocycles. The number of nitrogens with zero attached hydrogens (tertiary/aromatic N) is 2. The van der Waals surface area contributed by atoms with E-state index in [0.717, 1.165) is 30.2 Å². The molecule has 1 aliphatic heterocycles. The average molecular weight is 398 g/mol. The Morgan fingerprint density at radius 1 is 1.04 bits per heavy atom. The molecule has 1 aliphatic rings. The summed E-state index contributed by atoms with van der Waals surface area (Å²) in [4.78, 5) is 30.8. The summed E-state index contributed by atoms with van der Waals surface area (Å²) < 4.78 is 30.1. The number of benzene rings is 1. The largest absolute Gasteiger partial charge is 0.452 e. The molecule has 8 nitrogen and oxygen atoms in total. The van der Waals surface area contributed by atoms with Gasteiger partial charge in [-0.3, -0.25) is 9.63 Å². The Bertz CT molecular complexity index is 740. The number of carbonyl (C=O) groups is 2. The number of hydrogen-bond donors (Lipinski definition) is 0. The molecule has 0 spiro atoms. The highest BCUT2D eigenvalue weighted by atomic mass is 32.2. The number of likely N-dealkylation sites (tertiary alicyclic amines) is 1. The minimum atomic E-state index is -3.78. The maximum atomic E-state index is 12.2. The fourth-order valence-electron chi connectivity index (χ4n) is 2.81. The number of esters is 1. The van der Waals surface area contributed by atoms with Crippen molar-refractivity contribution in [3.8, 4) is 0 Å². The number of hydrogen-bond acceptors (Lipinski definition) is 6. The van der Waals surface area contributed by atoms with Gasteiger partial charge in [-0.1, -0.05) is 23.7 Å². The molecule has 27 heavy (non-hydrogen) atoms. The van der Waals surface area contributed by atoms with E-state index in [4.69, 9.17) is 9.57 Å². The first-order valence-electron chi connectivity index (χ1n) is 8.94. The zero-order chi connectivity index (χ0) is 19.9. The van der Waals surface area contributed by atoms with E-state index >= 15 is 0 Å². The summed E-state index contributed by atoms with van der Waals surface area (Å²) in [5.41, 5.74) is 0.175. The summed E-state index contributed by atoms with van der Waals surface area (Å²) in [6.45, 7) is 1.07. The topological polar surface area (TPSA) is 93.2 Å². The third kappa shape index (κ3) is 5.75. The van der Waals surface area contributed by atoms with Crippen molar-refractivity contribution >= 4 is 21.9 Å². The highest BCUT2D eigenvalue weighted by molar-refractivity contribution is 7.89. The number of rotatable bonds is 6. The molecule has 0 atom stereocenters. The van der Waals surface area contributed by atoms with Gasteiger partial charge in [-0.25, -0.2) is 13.2 Å². The molecule has 1 saturated heterocycles. The second-order valence-electron chi connectivity index (χ2n) is 6.35. The molecule has 1 aromatic rings. The van der Waals surface area contributed by atoms with E-state index < -0.39 is 16.0 Å². The molecular weight excluding hydrogens is 372 g/mol. The predicted octanol–water partition coefficient (Wildman–Crippen LogP) is 1.82. The van der Waals surface area contributed by atoms with Crippen LogP contribution in [0.3, 0.4) is 0 Å². The van der Waals surface area contributed by atoms with Crippen molar-refractivity contribution < 1.29 is 27.6 Å². The average Bonchev–Trinajstić information content (AvgIpc) is 2.65. The van der Waals surface area contributed by atoms with Crippen molar-refractivity contribution in [1.82, 2.24) is 9.37 Å². The molecule has 0 saturated carbocycles. The van der Waals surface area contributed by atoms with Gasteiger partial charge < -0.3 is 9.64 Å². The van der Waals surface area contributed by atoms with E-state index in [9.17, 15) is 18.0 Å². The number of carbonyl (C=O) groups excluding carboxylic acids is 2. The third-order valence-corrected chi connectivity index (χ3v) is 6.21.